The van der Waals surface area contributed by atoms with Gasteiger partial charge in [0.25, 0.3) is 0 Å². The van der Waals surface area contributed by atoms with Gasteiger partial charge < -0.3 is 19.8 Å². The van der Waals surface area contributed by atoms with Gasteiger partial charge in [-0.1, -0.05) is 225 Å². The first kappa shape index (κ1) is 66.9. The van der Waals surface area contributed by atoms with E-state index in [-0.39, 0.29) is 19.1 Å². The number of allylic oxidation sites excluding steroid dienone is 19. The normalized spacial score (nSPS) is 14.9. The van der Waals surface area contributed by atoms with Gasteiger partial charge in [-0.2, -0.15) is 0 Å². The molecule has 70 heavy (non-hydrogen) atoms. The summed E-state index contributed by atoms with van der Waals surface area (Å²) < 4.78 is 23.6. The number of hydrogen-bond acceptors (Lipinski definition) is 5. The smallest absolute Gasteiger partial charge is 0.387 e. The highest BCUT2D eigenvalue weighted by Crippen LogP contribution is 2.43. The van der Waals surface area contributed by atoms with E-state index in [0.717, 1.165) is 109 Å². The molecule has 0 saturated heterocycles. The van der Waals surface area contributed by atoms with Crippen molar-refractivity contribution in [2.45, 2.75) is 219 Å². The summed E-state index contributed by atoms with van der Waals surface area (Å²) in [5, 5.41) is 13.9. The molecule has 0 aliphatic heterocycles. The van der Waals surface area contributed by atoms with Crippen LogP contribution in [0.2, 0.25) is 0 Å². The third-order valence-electron chi connectivity index (χ3n) is 11.7. The first-order valence-electron chi connectivity index (χ1n) is 27.9. The fourth-order valence-electron chi connectivity index (χ4n) is 7.31. The van der Waals surface area contributed by atoms with Crippen LogP contribution in [-0.4, -0.2) is 73.4 Å². The molecule has 0 aliphatic rings. The molecule has 400 valence electrons. The molecule has 0 aromatic carbocycles. The van der Waals surface area contributed by atoms with Crippen molar-refractivity contribution in [3.05, 3.63) is 122 Å². The number of quaternary nitrogens is 1. The van der Waals surface area contributed by atoms with Crippen LogP contribution in [0.1, 0.15) is 206 Å². The Hall–Kier alpha value is -3.10. The van der Waals surface area contributed by atoms with Crippen molar-refractivity contribution in [3.8, 4) is 0 Å². The van der Waals surface area contributed by atoms with Crippen molar-refractivity contribution in [2.75, 3.05) is 40.9 Å². The van der Waals surface area contributed by atoms with Crippen molar-refractivity contribution in [2.24, 2.45) is 0 Å². The van der Waals surface area contributed by atoms with Crippen LogP contribution in [0.15, 0.2) is 122 Å². The highest BCUT2D eigenvalue weighted by Gasteiger charge is 2.27. The van der Waals surface area contributed by atoms with Gasteiger partial charge in [-0.05, 0) is 96.3 Å². The number of rotatable bonds is 49. The van der Waals surface area contributed by atoms with Crippen molar-refractivity contribution < 1.29 is 32.9 Å². The number of amides is 1. The average Bonchev–Trinajstić information content (AvgIpc) is 3.32. The van der Waals surface area contributed by atoms with Gasteiger partial charge in [0.1, 0.15) is 13.2 Å². The van der Waals surface area contributed by atoms with Gasteiger partial charge in [0.05, 0.1) is 39.9 Å². The largest absolute Gasteiger partial charge is 0.472 e. The summed E-state index contributed by atoms with van der Waals surface area (Å²) in [5.74, 6) is -0.207. The van der Waals surface area contributed by atoms with Gasteiger partial charge in [-0.15, -0.1) is 0 Å². The minimum Gasteiger partial charge on any atom is -0.387 e. The lowest BCUT2D eigenvalue weighted by Gasteiger charge is -2.25. The van der Waals surface area contributed by atoms with E-state index in [1.165, 1.54) is 77.0 Å². The summed E-state index contributed by atoms with van der Waals surface area (Å²) in [4.78, 5) is 23.3. The van der Waals surface area contributed by atoms with Crippen LogP contribution in [0.3, 0.4) is 0 Å². The number of likely N-dealkylation sites (N-methyl/N-ethyl adjacent to an activating group) is 1. The van der Waals surface area contributed by atoms with E-state index in [2.05, 4.69) is 129 Å². The van der Waals surface area contributed by atoms with E-state index in [9.17, 15) is 19.4 Å². The molecule has 0 aromatic rings. The van der Waals surface area contributed by atoms with Crippen LogP contribution in [0.5, 0.6) is 0 Å². The van der Waals surface area contributed by atoms with E-state index in [1.54, 1.807) is 6.08 Å². The van der Waals surface area contributed by atoms with E-state index in [4.69, 9.17) is 9.05 Å². The second kappa shape index (κ2) is 50.8. The monoisotopic (exact) mass is 994 g/mol. The predicted molar refractivity (Wildman–Crippen MR) is 304 cm³/mol. The van der Waals surface area contributed by atoms with Crippen LogP contribution >= 0.6 is 7.82 Å². The lowest BCUT2D eigenvalue weighted by Crippen LogP contribution is -2.45. The average molecular weight is 995 g/mol. The number of nitrogens with one attached hydrogen (secondary N) is 1. The van der Waals surface area contributed by atoms with Gasteiger partial charge in [0, 0.05) is 6.42 Å². The molecule has 0 radical (unpaired) electrons. The SMILES string of the molecule is CC/C=C\C/C=C\C/C=C\C/C=C\C/C=C\C/C=C\C/C=C\C/C=C\CCCCCCCCC(=O)NC(COP(=O)(O)OCC[N+](C)(C)C)C(O)/C=C/CC/C=C/CCCCCCCCCCCCC. The standard InChI is InChI=1S/C61H105N2O6P/c1-6-8-10-12-14-16-18-20-22-24-25-26-27-28-29-30-31-32-33-34-35-36-37-39-41-43-45-47-49-51-53-55-61(65)62-59(58-69-70(66,67)68-57-56-63(3,4)5)60(64)54-52-50-48-46-44-42-40-38-23-21-19-17-15-13-11-9-7-2/h8,10,14,16,20,22,25-26,28-29,31-32,34-35,37,39,44,46,52,54,59-60,64H,6-7,9,11-13,15,17-19,21,23-24,27,30,33,36,38,40-43,45,47-51,53,55-58H2,1-5H3,(H-,62,65,66,67)/p+1/b10-8-,16-14-,22-20-,26-25-,29-28-,32-31-,35-34-,39-37-,46-44+,54-52+. The molecule has 3 atom stereocenters. The van der Waals surface area contributed by atoms with E-state index in [1.807, 2.05) is 27.2 Å². The Kier molecular flexibility index (Phi) is 48.6. The third-order valence-corrected chi connectivity index (χ3v) is 12.6. The number of carbonyl (C=O) groups excluding carboxylic acids is 1. The molecule has 0 bridgehead atoms. The Morgan fingerprint density at radius 1 is 0.500 bits per heavy atom. The van der Waals surface area contributed by atoms with Crippen LogP contribution < -0.4 is 5.32 Å². The van der Waals surface area contributed by atoms with Gasteiger partial charge in [-0.25, -0.2) is 4.57 Å². The second-order valence-electron chi connectivity index (χ2n) is 19.6. The quantitative estimate of drug-likeness (QED) is 0.0243. The molecule has 3 N–H and O–H groups in total. The highest BCUT2D eigenvalue weighted by atomic mass is 31.2. The Morgan fingerprint density at radius 3 is 1.31 bits per heavy atom. The van der Waals surface area contributed by atoms with Gasteiger partial charge in [0.15, 0.2) is 0 Å². The number of phosphoric acid groups is 1. The summed E-state index contributed by atoms with van der Waals surface area (Å²) >= 11 is 0. The zero-order chi connectivity index (χ0) is 51.3. The molecule has 0 fully saturated rings. The van der Waals surface area contributed by atoms with E-state index >= 15 is 0 Å². The van der Waals surface area contributed by atoms with Crippen molar-refractivity contribution in [3.63, 3.8) is 0 Å². The maximum absolute atomic E-state index is 13.0. The lowest BCUT2D eigenvalue weighted by atomic mass is 10.1. The zero-order valence-electron chi connectivity index (χ0n) is 45.5. The Balaban J connectivity index is 4.32. The summed E-state index contributed by atoms with van der Waals surface area (Å²) in [5.41, 5.74) is 0. The lowest BCUT2D eigenvalue weighted by molar-refractivity contribution is -0.870. The Morgan fingerprint density at radius 2 is 0.871 bits per heavy atom. The molecule has 8 nitrogen and oxygen atoms in total. The van der Waals surface area contributed by atoms with Crippen LogP contribution in [0, 0.1) is 0 Å². The second-order valence-corrected chi connectivity index (χ2v) is 21.0. The summed E-state index contributed by atoms with van der Waals surface area (Å²) in [6, 6.07) is -0.881. The minimum atomic E-state index is -4.37. The molecule has 0 aliphatic carbocycles. The van der Waals surface area contributed by atoms with E-state index < -0.39 is 20.0 Å². The topological polar surface area (TPSA) is 105 Å². The first-order valence-corrected chi connectivity index (χ1v) is 29.4. The maximum Gasteiger partial charge on any atom is 0.472 e. The molecule has 3 unspecified atom stereocenters. The Bertz CT molecular complexity index is 1550. The van der Waals surface area contributed by atoms with Gasteiger partial charge in [-0.3, -0.25) is 13.8 Å². The Labute approximate surface area is 431 Å². The van der Waals surface area contributed by atoms with Gasteiger partial charge in [0.2, 0.25) is 5.91 Å². The zero-order valence-corrected chi connectivity index (χ0v) is 46.4. The summed E-state index contributed by atoms with van der Waals surface area (Å²) in [7, 11) is 1.53. The van der Waals surface area contributed by atoms with E-state index in [0.29, 0.717) is 17.4 Å². The summed E-state index contributed by atoms with van der Waals surface area (Å²) in [6.45, 7) is 4.65. The molecule has 0 spiro atoms. The van der Waals surface area contributed by atoms with Crippen molar-refractivity contribution in [1.29, 1.82) is 0 Å². The highest BCUT2D eigenvalue weighted by molar-refractivity contribution is 7.47. The number of carbonyl (C=O) groups is 1. The minimum absolute atomic E-state index is 0.0463. The molecule has 0 aromatic heterocycles. The van der Waals surface area contributed by atoms with Crippen molar-refractivity contribution in [1.82, 2.24) is 5.32 Å². The number of unbranched alkanes of at least 4 members (excludes halogenated alkanes) is 18. The van der Waals surface area contributed by atoms with Crippen LogP contribution in [-0.2, 0) is 18.4 Å². The number of nitrogens with zero attached hydrogens (tertiary/aromatic N) is 1. The maximum atomic E-state index is 13.0. The van der Waals surface area contributed by atoms with Crippen molar-refractivity contribution >= 4 is 13.7 Å². The van der Waals surface area contributed by atoms with Gasteiger partial charge >= 0.3 is 7.82 Å². The number of aliphatic hydroxyl groups is 1. The van der Waals surface area contributed by atoms with Crippen LogP contribution in [0.4, 0.5) is 0 Å². The summed E-state index contributed by atoms with van der Waals surface area (Å²) in [6.07, 6.45) is 75.8. The molecule has 0 heterocycles. The molecule has 0 saturated carbocycles. The first-order chi connectivity index (χ1) is 34.0. The number of hydrogen-bond donors (Lipinski definition) is 3. The number of phosphoric ester groups is 1. The molecule has 1 amide bonds. The fraction of sp³-hybridized carbons (Fsp3) is 0.656. The third kappa shape index (κ3) is 52.7. The van der Waals surface area contributed by atoms with Crippen LogP contribution in [0.25, 0.3) is 0 Å². The fourth-order valence-corrected chi connectivity index (χ4v) is 8.04. The number of aliphatic hydroxyl groups excluding tert-OH is 1. The molecule has 9 heteroatoms. The molecular weight excluding hydrogens is 888 g/mol. The molecule has 0 rings (SSSR count). The molecular formula is C61H106N2O6P+. The predicted octanol–water partition coefficient (Wildman–Crippen LogP) is 17.0.